The SMILES string of the molecule is CCCCC[NH][Ti+2]([C]1=C(C)C(C)=C(C)C1C)[SiH](C)C.[Cl-].[Cl-]. The first-order chi connectivity index (χ1) is 8.91. The van der Waals surface area contributed by atoms with Crippen LogP contribution in [-0.4, -0.2) is 13.2 Å². The van der Waals surface area contributed by atoms with Gasteiger partial charge in [-0.05, 0) is 0 Å². The molecule has 0 saturated carbocycles. The predicted octanol–water partition coefficient (Wildman–Crippen LogP) is -1.45. The van der Waals surface area contributed by atoms with E-state index in [1.54, 1.807) is 16.7 Å². The molecule has 0 bridgehead atoms. The molecule has 0 aliphatic heterocycles. The summed E-state index contributed by atoms with van der Waals surface area (Å²) in [5.41, 5.74) is 4.85. The van der Waals surface area contributed by atoms with E-state index in [9.17, 15) is 0 Å². The van der Waals surface area contributed by atoms with Gasteiger partial charge in [0.15, 0.2) is 0 Å². The third kappa shape index (κ3) is 6.16. The second kappa shape index (κ2) is 11.5. The molecular weight excluding hydrogens is 353 g/mol. The van der Waals surface area contributed by atoms with Crippen LogP contribution in [0, 0.1) is 5.92 Å². The monoisotopic (exact) mass is 384 g/mol. The zero-order valence-electron chi connectivity index (χ0n) is 14.7. The minimum absolute atomic E-state index is 0. The molecule has 0 spiro atoms. The molecule has 0 aromatic heterocycles. The van der Waals surface area contributed by atoms with Crippen LogP contribution in [0.4, 0.5) is 0 Å². The maximum Gasteiger partial charge on any atom is -1.00 e. The molecule has 0 fully saturated rings. The van der Waals surface area contributed by atoms with Gasteiger partial charge in [-0.25, -0.2) is 0 Å². The van der Waals surface area contributed by atoms with Gasteiger partial charge in [0.2, 0.25) is 0 Å². The number of hydrogen-bond donors (Lipinski definition) is 1. The number of unbranched alkanes of at least 4 members (excludes halogenated alkanes) is 2. The first kappa shape index (κ1) is 24.2. The van der Waals surface area contributed by atoms with Gasteiger partial charge in [0.05, 0.1) is 0 Å². The maximum atomic E-state index is 4.04. The van der Waals surface area contributed by atoms with E-state index in [4.69, 9.17) is 0 Å². The first-order valence-corrected chi connectivity index (χ1v) is 15.1. The average molecular weight is 385 g/mol. The van der Waals surface area contributed by atoms with Crippen molar-refractivity contribution >= 4 is 6.66 Å². The molecule has 0 heterocycles. The molecule has 1 N–H and O–H groups in total. The van der Waals surface area contributed by atoms with Crippen molar-refractivity contribution in [3.8, 4) is 0 Å². The van der Waals surface area contributed by atoms with Crippen LogP contribution >= 0.6 is 0 Å². The van der Waals surface area contributed by atoms with E-state index in [1.807, 2.05) is 3.88 Å². The van der Waals surface area contributed by atoms with Crippen molar-refractivity contribution in [3.63, 3.8) is 0 Å². The molecule has 1 nitrogen and oxygen atoms in total. The molecule has 1 atom stereocenters. The van der Waals surface area contributed by atoms with Crippen molar-refractivity contribution in [2.45, 2.75) is 67.0 Å². The fourth-order valence-electron chi connectivity index (χ4n) is 3.01. The Morgan fingerprint density at radius 2 is 1.62 bits per heavy atom. The van der Waals surface area contributed by atoms with Gasteiger partial charge < -0.3 is 24.8 Å². The van der Waals surface area contributed by atoms with Crippen molar-refractivity contribution in [3.05, 3.63) is 20.6 Å². The zero-order chi connectivity index (χ0) is 14.6. The number of allylic oxidation sites excluding steroid dienone is 4. The summed E-state index contributed by atoms with van der Waals surface area (Å²) >= 11 is -1.18. The first-order valence-electron chi connectivity index (χ1n) is 7.91. The Kier molecular flexibility index (Phi) is 13.2. The summed E-state index contributed by atoms with van der Waals surface area (Å²) in [7, 11) is 0. The Morgan fingerprint density at radius 1 is 1.05 bits per heavy atom. The van der Waals surface area contributed by atoms with E-state index in [0.29, 0.717) is 0 Å². The van der Waals surface area contributed by atoms with E-state index >= 15 is 0 Å². The Bertz CT molecular complexity index is 380. The molecule has 1 aliphatic rings. The maximum absolute atomic E-state index is 4.04. The van der Waals surface area contributed by atoms with Crippen LogP contribution in [0.3, 0.4) is 0 Å². The standard InChI is InChI=1S/C9H13.C5H12N.C2H7Si.2ClH.Ti/c1-6-5-7(2)9(4)8(6)3;1-2-3-4-5-6;1-3-2;;;/h6H,1-4H3;6H,2-5H2,1H3;3H,1-2H3;2*1H;/q;-1;;;;+3/p-2. The van der Waals surface area contributed by atoms with E-state index in [1.165, 1.54) is 25.8 Å². The van der Waals surface area contributed by atoms with Gasteiger partial charge in [-0.2, -0.15) is 0 Å². The smallest absolute Gasteiger partial charge is 1.00 e. The Balaban J connectivity index is 0. The molecule has 0 radical (unpaired) electrons. The molecule has 21 heavy (non-hydrogen) atoms. The van der Waals surface area contributed by atoms with E-state index in [0.717, 1.165) is 5.92 Å². The van der Waals surface area contributed by atoms with E-state index in [-0.39, 0.29) is 24.8 Å². The molecule has 1 rings (SSSR count). The molecule has 5 heteroatoms. The van der Waals surface area contributed by atoms with Gasteiger partial charge in [0.1, 0.15) is 0 Å². The minimum Gasteiger partial charge on any atom is -1.00 e. The van der Waals surface area contributed by atoms with Crippen molar-refractivity contribution in [2.75, 3.05) is 6.54 Å². The summed E-state index contributed by atoms with van der Waals surface area (Å²) in [6.45, 7) is 17.6. The second-order valence-corrected chi connectivity index (χ2v) is 19.1. The largest absolute Gasteiger partial charge is 1.00 e. The van der Waals surface area contributed by atoms with E-state index < -0.39 is 24.0 Å². The van der Waals surface area contributed by atoms with Gasteiger partial charge in [0, 0.05) is 0 Å². The van der Waals surface area contributed by atoms with Crippen molar-refractivity contribution in [2.24, 2.45) is 5.92 Å². The summed E-state index contributed by atoms with van der Waals surface area (Å²) in [6.07, 6.45) is 4.07. The van der Waals surface area contributed by atoms with Crippen LogP contribution in [0.25, 0.3) is 0 Å². The summed E-state index contributed by atoms with van der Waals surface area (Å²) in [6, 6.07) is 0. The number of halogens is 2. The average Bonchev–Trinajstić information content (AvgIpc) is 2.55. The normalized spacial score (nSPS) is 18.0. The molecule has 0 saturated heterocycles. The quantitative estimate of drug-likeness (QED) is 0.418. The molecule has 123 valence electrons. The van der Waals surface area contributed by atoms with Crippen molar-refractivity contribution in [1.29, 1.82) is 0 Å². The molecule has 0 amide bonds. The van der Waals surface area contributed by atoms with Crippen LogP contribution in [0.5, 0.6) is 0 Å². The van der Waals surface area contributed by atoms with Gasteiger partial charge in [-0.1, -0.05) is 0 Å². The molecule has 0 aromatic carbocycles. The molecular formula is C16H32Cl2NSiTi. The topological polar surface area (TPSA) is 12.0 Å². The third-order valence-electron chi connectivity index (χ3n) is 4.60. The van der Waals surface area contributed by atoms with Crippen molar-refractivity contribution in [1.82, 2.24) is 3.80 Å². The van der Waals surface area contributed by atoms with E-state index in [2.05, 4.69) is 51.5 Å². The Labute approximate surface area is 152 Å². The van der Waals surface area contributed by atoms with Crippen molar-refractivity contribution < 1.29 is 42.2 Å². The van der Waals surface area contributed by atoms with Gasteiger partial charge in [0.25, 0.3) is 0 Å². The van der Waals surface area contributed by atoms with Crippen LogP contribution in [-0.2, 0) is 17.4 Å². The number of rotatable bonds is 7. The minimum atomic E-state index is -1.18. The predicted molar refractivity (Wildman–Crippen MR) is 86.6 cm³/mol. The van der Waals surface area contributed by atoms with Crippen LogP contribution in [0.1, 0.15) is 53.9 Å². The Hall–Kier alpha value is 0.951. The molecule has 0 aromatic rings. The number of hydrogen-bond acceptors (Lipinski definition) is 1. The number of nitrogens with one attached hydrogen (secondary N) is 1. The van der Waals surface area contributed by atoms with Gasteiger partial charge >= 0.3 is 128 Å². The van der Waals surface area contributed by atoms with Crippen LogP contribution in [0.2, 0.25) is 13.1 Å². The summed E-state index contributed by atoms with van der Waals surface area (Å²) in [5, 5.41) is 0. The summed E-state index contributed by atoms with van der Waals surface area (Å²) in [5.74, 6) is 0.726. The Morgan fingerprint density at radius 3 is 2.00 bits per heavy atom. The van der Waals surface area contributed by atoms with Gasteiger partial charge in [-0.3, -0.25) is 0 Å². The summed E-state index contributed by atoms with van der Waals surface area (Å²) < 4.78 is 5.91. The second-order valence-electron chi connectivity index (χ2n) is 6.27. The fraction of sp³-hybridized carbons (Fsp3) is 0.750. The third-order valence-corrected chi connectivity index (χ3v) is 16.4. The summed E-state index contributed by atoms with van der Waals surface area (Å²) in [4.78, 5) is 0. The van der Waals surface area contributed by atoms with Gasteiger partial charge in [-0.15, -0.1) is 0 Å². The van der Waals surface area contributed by atoms with Crippen LogP contribution in [0.15, 0.2) is 20.6 Å². The fourth-order valence-corrected chi connectivity index (χ4v) is 14.4. The zero-order valence-corrected chi connectivity index (χ0v) is 19.0. The molecule has 1 unspecified atom stereocenters. The van der Waals surface area contributed by atoms with Crippen LogP contribution < -0.4 is 28.6 Å². The molecule has 1 aliphatic carbocycles.